The number of carboxylic acids is 1. The van der Waals surface area contributed by atoms with Gasteiger partial charge in [-0.15, -0.1) is 5.10 Å². The second kappa shape index (κ2) is 18.5. The van der Waals surface area contributed by atoms with E-state index in [-0.39, 0.29) is 18.9 Å². The summed E-state index contributed by atoms with van der Waals surface area (Å²) in [5, 5.41) is 20.0. The Morgan fingerprint density at radius 3 is 2.12 bits per heavy atom. The van der Waals surface area contributed by atoms with E-state index in [0.717, 1.165) is 24.8 Å². The molecule has 3 aromatic rings. The molecule has 0 saturated carbocycles. The maximum absolute atomic E-state index is 12.3. The Balaban J connectivity index is 1.28. The van der Waals surface area contributed by atoms with Gasteiger partial charge >= 0.3 is 11.9 Å². The van der Waals surface area contributed by atoms with E-state index in [1.165, 1.54) is 56.2 Å². The van der Waals surface area contributed by atoms with Crippen LogP contribution in [0.1, 0.15) is 102 Å². The normalized spacial score (nSPS) is 11.7. The molecule has 2 aromatic carbocycles. The molecule has 0 fully saturated rings. The number of carboxylic acid groups (broad SMARTS) is 1. The number of hydrogen-bond donors (Lipinski definition) is 2. The van der Waals surface area contributed by atoms with Gasteiger partial charge in [0.05, 0.1) is 6.42 Å². The zero-order valence-electron chi connectivity index (χ0n) is 24.6. The first-order valence-electron chi connectivity index (χ1n) is 15.2. The predicted octanol–water partition coefficient (Wildman–Crippen LogP) is 6.37. The Bertz CT molecular complexity index is 1240. The van der Waals surface area contributed by atoms with E-state index in [1.807, 2.05) is 24.3 Å². The van der Waals surface area contributed by atoms with Crippen molar-refractivity contribution in [2.24, 2.45) is 0 Å². The molecule has 3 rings (SSSR count). The van der Waals surface area contributed by atoms with E-state index in [0.29, 0.717) is 23.3 Å². The summed E-state index contributed by atoms with van der Waals surface area (Å²) in [5.74, 6) is -1.82. The number of esters is 1. The average Bonchev–Trinajstić information content (AvgIpc) is 3.39. The number of carbonyl (C=O) groups is 3. The minimum atomic E-state index is -1.32. The summed E-state index contributed by atoms with van der Waals surface area (Å²) in [6, 6.07) is 12.9. The summed E-state index contributed by atoms with van der Waals surface area (Å²) < 4.78 is 5.25. The highest BCUT2D eigenvalue weighted by Crippen LogP contribution is 2.17. The number of rotatable bonds is 21. The number of benzene rings is 2. The van der Waals surface area contributed by atoms with E-state index >= 15 is 0 Å². The monoisotopic (exact) mass is 580 g/mol. The molecule has 0 radical (unpaired) electrons. The van der Waals surface area contributed by atoms with E-state index in [4.69, 9.17) is 9.57 Å². The molecule has 0 aliphatic rings. The Morgan fingerprint density at radius 2 is 1.48 bits per heavy atom. The van der Waals surface area contributed by atoms with Crippen LogP contribution in [-0.2, 0) is 25.7 Å². The third-order valence-corrected chi connectivity index (χ3v) is 7.10. The number of unbranched alkanes of at least 4 members (excludes halogenated alkanes) is 11. The van der Waals surface area contributed by atoms with Gasteiger partial charge in [-0.25, -0.2) is 4.79 Å². The highest BCUT2D eigenvalue weighted by Gasteiger charge is 2.24. The Morgan fingerprint density at radius 1 is 0.857 bits per heavy atom. The second-order valence-corrected chi connectivity index (χ2v) is 10.6. The molecule has 1 amide bonds. The Kier molecular flexibility index (Phi) is 14.3. The van der Waals surface area contributed by atoms with Crippen molar-refractivity contribution in [1.29, 1.82) is 0 Å². The van der Waals surface area contributed by atoms with Crippen LogP contribution in [0.4, 0.5) is 0 Å². The smallest absolute Gasteiger partial charge is 0.326 e. The second-order valence-electron chi connectivity index (χ2n) is 10.6. The van der Waals surface area contributed by atoms with Gasteiger partial charge in [0.2, 0.25) is 5.91 Å². The number of para-hydroxylation sites is 1. The van der Waals surface area contributed by atoms with Crippen LogP contribution >= 0.6 is 0 Å². The van der Waals surface area contributed by atoms with Crippen LogP contribution in [0.15, 0.2) is 48.5 Å². The zero-order valence-corrected chi connectivity index (χ0v) is 24.6. The average molecular weight is 581 g/mol. The van der Waals surface area contributed by atoms with Crippen LogP contribution < -0.4 is 10.2 Å². The van der Waals surface area contributed by atoms with Gasteiger partial charge in [-0.3, -0.25) is 9.59 Å². The van der Waals surface area contributed by atoms with E-state index < -0.39 is 24.4 Å². The lowest BCUT2D eigenvalue weighted by Gasteiger charge is -2.14. The summed E-state index contributed by atoms with van der Waals surface area (Å²) in [4.78, 5) is 43.3. The highest BCUT2D eigenvalue weighted by atomic mass is 16.7. The summed E-state index contributed by atoms with van der Waals surface area (Å²) in [7, 11) is 0. The Labute approximate surface area is 247 Å². The van der Waals surface area contributed by atoms with Crippen LogP contribution in [0.3, 0.4) is 0 Å². The zero-order chi connectivity index (χ0) is 30.0. The molecular formula is C32H44N4O6. The number of nitrogens with one attached hydrogen (secondary N) is 1. The molecule has 0 unspecified atom stereocenters. The molecule has 1 heterocycles. The predicted molar refractivity (Wildman–Crippen MR) is 160 cm³/mol. The van der Waals surface area contributed by atoms with Crippen molar-refractivity contribution in [2.45, 2.75) is 109 Å². The molecule has 0 saturated heterocycles. The molecular weight excluding hydrogens is 536 g/mol. The molecule has 0 aliphatic carbocycles. The van der Waals surface area contributed by atoms with Crippen LogP contribution in [0.5, 0.6) is 5.75 Å². The van der Waals surface area contributed by atoms with E-state index in [2.05, 4.69) is 22.6 Å². The number of ether oxygens (including phenoxy) is 1. The van der Waals surface area contributed by atoms with Gasteiger partial charge < -0.3 is 20.0 Å². The standard InChI is InChI=1S/C32H44N4O6/c1-2-3-4-5-6-7-8-9-10-11-12-13-18-30(37)33-28(32(39)40)23-31(38)41-24-25-19-21-26(22-20-25)42-36-29-17-15-14-16-27(29)34-35-36/h14-17,19-22,28H,2-13,18,23-24H2,1H3,(H,33,37)(H,39,40)/t28-/m0/s1. The Hall–Kier alpha value is -3.95. The fraction of sp³-hybridized carbons (Fsp3) is 0.531. The SMILES string of the molecule is CCCCCCCCCCCCCCC(=O)N[C@@H](CC(=O)OCc1ccc(On2nnc3ccccc32)cc1)C(=O)O. The molecule has 10 heteroatoms. The van der Waals surface area contributed by atoms with Crippen molar-refractivity contribution in [3.05, 3.63) is 54.1 Å². The first kappa shape index (κ1) is 32.6. The molecule has 10 nitrogen and oxygen atoms in total. The van der Waals surface area contributed by atoms with Gasteiger partial charge in [0.15, 0.2) is 5.75 Å². The first-order chi connectivity index (χ1) is 20.5. The van der Waals surface area contributed by atoms with Crippen molar-refractivity contribution in [3.63, 3.8) is 0 Å². The fourth-order valence-corrected chi connectivity index (χ4v) is 4.64. The lowest BCUT2D eigenvalue weighted by Crippen LogP contribution is -2.42. The van der Waals surface area contributed by atoms with Gasteiger partial charge in [-0.2, -0.15) is 0 Å². The van der Waals surface area contributed by atoms with Gasteiger partial charge in [-0.05, 0) is 41.5 Å². The third kappa shape index (κ3) is 11.9. The molecule has 1 aromatic heterocycles. The number of aromatic nitrogens is 3. The van der Waals surface area contributed by atoms with Crippen molar-refractivity contribution in [3.8, 4) is 5.75 Å². The number of hydrogen-bond acceptors (Lipinski definition) is 7. The molecule has 2 N–H and O–H groups in total. The van der Waals surface area contributed by atoms with Crippen molar-refractivity contribution in [1.82, 2.24) is 20.5 Å². The highest BCUT2D eigenvalue weighted by molar-refractivity contribution is 5.87. The van der Waals surface area contributed by atoms with Gasteiger partial charge in [-0.1, -0.05) is 107 Å². The number of carbonyl (C=O) groups excluding carboxylic acids is 2. The number of amides is 1. The van der Waals surface area contributed by atoms with Crippen LogP contribution in [0.2, 0.25) is 0 Å². The quantitative estimate of drug-likeness (QED) is 0.110. The molecule has 0 bridgehead atoms. The maximum Gasteiger partial charge on any atom is 0.326 e. The lowest BCUT2D eigenvalue weighted by atomic mass is 10.0. The van der Waals surface area contributed by atoms with Crippen molar-refractivity contribution >= 4 is 28.9 Å². The van der Waals surface area contributed by atoms with Crippen LogP contribution in [0.25, 0.3) is 11.0 Å². The molecule has 42 heavy (non-hydrogen) atoms. The molecule has 0 aliphatic heterocycles. The van der Waals surface area contributed by atoms with E-state index in [1.54, 1.807) is 24.3 Å². The third-order valence-electron chi connectivity index (χ3n) is 7.10. The summed E-state index contributed by atoms with van der Waals surface area (Å²) >= 11 is 0. The van der Waals surface area contributed by atoms with E-state index in [9.17, 15) is 19.5 Å². The molecule has 1 atom stereocenters. The minimum absolute atomic E-state index is 0.0372. The van der Waals surface area contributed by atoms with Crippen molar-refractivity contribution in [2.75, 3.05) is 0 Å². The van der Waals surface area contributed by atoms with Gasteiger partial charge in [0.25, 0.3) is 0 Å². The summed E-state index contributed by atoms with van der Waals surface area (Å²) in [6.45, 7) is 2.19. The number of aliphatic carboxylic acids is 1. The number of fused-ring (bicyclic) bond motifs is 1. The van der Waals surface area contributed by atoms with Gasteiger partial charge in [0, 0.05) is 6.42 Å². The summed E-state index contributed by atoms with van der Waals surface area (Å²) in [5.41, 5.74) is 2.13. The van der Waals surface area contributed by atoms with Crippen molar-refractivity contribution < 1.29 is 29.1 Å². The topological polar surface area (TPSA) is 133 Å². The number of nitrogens with zero attached hydrogens (tertiary/aromatic N) is 3. The van der Waals surface area contributed by atoms with Crippen LogP contribution in [-0.4, -0.2) is 44.2 Å². The summed E-state index contributed by atoms with van der Waals surface area (Å²) in [6.07, 6.45) is 14.1. The maximum atomic E-state index is 12.3. The largest absolute Gasteiger partial charge is 0.480 e. The lowest BCUT2D eigenvalue weighted by molar-refractivity contribution is -0.151. The molecule has 228 valence electrons. The fourth-order valence-electron chi connectivity index (χ4n) is 4.64. The van der Waals surface area contributed by atoms with Gasteiger partial charge in [0.1, 0.15) is 23.7 Å². The van der Waals surface area contributed by atoms with Crippen LogP contribution in [0, 0.1) is 0 Å². The first-order valence-corrected chi connectivity index (χ1v) is 15.2. The minimum Gasteiger partial charge on any atom is -0.480 e. The molecule has 0 spiro atoms.